The molecule has 0 saturated carbocycles. The third-order valence-electron chi connectivity index (χ3n) is 3.50. The lowest BCUT2D eigenvalue weighted by atomic mass is 10.3. The minimum atomic E-state index is -0.346. The number of benzene rings is 1. The van der Waals surface area contributed by atoms with Crippen LogP contribution in [0.3, 0.4) is 0 Å². The Bertz CT molecular complexity index is 814. The molecule has 0 aliphatic heterocycles. The fourth-order valence-corrected chi connectivity index (χ4v) is 2.87. The van der Waals surface area contributed by atoms with Gasteiger partial charge in [0, 0.05) is 7.05 Å². The van der Waals surface area contributed by atoms with Crippen molar-refractivity contribution in [3.63, 3.8) is 0 Å². The van der Waals surface area contributed by atoms with Crippen LogP contribution in [0, 0.1) is 6.92 Å². The summed E-state index contributed by atoms with van der Waals surface area (Å²) in [5, 5.41) is 2.64. The van der Waals surface area contributed by atoms with Gasteiger partial charge in [-0.3, -0.25) is 23.9 Å². The van der Waals surface area contributed by atoms with E-state index in [0.29, 0.717) is 11.4 Å². The zero-order valence-corrected chi connectivity index (χ0v) is 15.1. The maximum atomic E-state index is 12.7. The van der Waals surface area contributed by atoms with Crippen LogP contribution >= 0.6 is 11.8 Å². The Kier molecular flexibility index (Phi) is 6.43. The molecule has 1 heterocycles. The van der Waals surface area contributed by atoms with E-state index in [1.807, 2.05) is 30.3 Å². The average molecular weight is 364 g/mol. The van der Waals surface area contributed by atoms with Gasteiger partial charge in [0.2, 0.25) is 5.91 Å². The Morgan fingerprint density at radius 1 is 1.16 bits per heavy atom. The number of hydroxylamine groups is 1. The van der Waals surface area contributed by atoms with Gasteiger partial charge in [-0.2, -0.15) is 0 Å². The Balaban J connectivity index is 2.09. The molecule has 0 saturated heterocycles. The number of hydrogen-bond donors (Lipinski definition) is 2. The Morgan fingerprint density at radius 2 is 1.80 bits per heavy atom. The highest BCUT2D eigenvalue weighted by atomic mass is 32.2. The Hall–Kier alpha value is -2.52. The standard InChI is InChI=1S/C16H20N4O4S/c1-11-15(17-13(21)9-25-10-14(22)18-24-3)16(23)20(19(11)2)12-7-5-4-6-8-12/h4-8H,9-10H2,1-3H3,(H,17,21)(H,18,22). The second kappa shape index (κ2) is 8.54. The van der Waals surface area contributed by atoms with Crippen molar-refractivity contribution in [2.45, 2.75) is 6.92 Å². The fourth-order valence-electron chi connectivity index (χ4n) is 2.27. The number of para-hydroxylation sites is 1. The van der Waals surface area contributed by atoms with E-state index in [4.69, 9.17) is 0 Å². The van der Waals surface area contributed by atoms with Gasteiger partial charge in [-0.1, -0.05) is 18.2 Å². The van der Waals surface area contributed by atoms with Crippen molar-refractivity contribution in [2.75, 3.05) is 23.9 Å². The van der Waals surface area contributed by atoms with Crippen LogP contribution in [0.25, 0.3) is 5.69 Å². The molecule has 0 aliphatic rings. The van der Waals surface area contributed by atoms with Gasteiger partial charge in [-0.05, 0) is 19.1 Å². The summed E-state index contributed by atoms with van der Waals surface area (Å²) in [6.07, 6.45) is 0. The van der Waals surface area contributed by atoms with Crippen LogP contribution in [0.5, 0.6) is 0 Å². The molecule has 1 aromatic heterocycles. The Labute approximate surface area is 149 Å². The molecule has 1 aromatic carbocycles. The van der Waals surface area contributed by atoms with Gasteiger partial charge in [0.25, 0.3) is 11.5 Å². The lowest BCUT2D eigenvalue weighted by molar-refractivity contribution is -0.128. The first-order chi connectivity index (χ1) is 12.0. The van der Waals surface area contributed by atoms with E-state index in [1.54, 1.807) is 18.7 Å². The van der Waals surface area contributed by atoms with Crippen molar-refractivity contribution < 1.29 is 14.4 Å². The molecule has 2 amide bonds. The van der Waals surface area contributed by atoms with E-state index in [9.17, 15) is 14.4 Å². The number of hydrogen-bond acceptors (Lipinski definition) is 5. The van der Waals surface area contributed by atoms with E-state index >= 15 is 0 Å². The molecular weight excluding hydrogens is 344 g/mol. The maximum absolute atomic E-state index is 12.7. The predicted molar refractivity (Wildman–Crippen MR) is 96.9 cm³/mol. The fraction of sp³-hybridized carbons (Fsp3) is 0.312. The number of thioether (sulfide) groups is 1. The number of anilines is 1. The number of nitrogens with zero attached hydrogens (tertiary/aromatic N) is 2. The van der Waals surface area contributed by atoms with Crippen molar-refractivity contribution in [1.82, 2.24) is 14.8 Å². The molecule has 25 heavy (non-hydrogen) atoms. The number of carbonyl (C=O) groups excluding carboxylic acids is 2. The summed E-state index contributed by atoms with van der Waals surface area (Å²) >= 11 is 1.13. The first kappa shape index (κ1) is 18.8. The third kappa shape index (κ3) is 4.52. The normalized spacial score (nSPS) is 10.5. The van der Waals surface area contributed by atoms with Crippen molar-refractivity contribution in [3.05, 3.63) is 46.4 Å². The van der Waals surface area contributed by atoms with Crippen molar-refractivity contribution in [2.24, 2.45) is 7.05 Å². The zero-order valence-electron chi connectivity index (χ0n) is 14.2. The van der Waals surface area contributed by atoms with Crippen LogP contribution < -0.4 is 16.4 Å². The SMILES string of the molecule is CONC(=O)CSCC(=O)Nc1c(C)n(C)n(-c2ccccc2)c1=O. The monoisotopic (exact) mass is 364 g/mol. The smallest absolute Gasteiger partial charge is 0.295 e. The molecule has 2 rings (SSSR count). The highest BCUT2D eigenvalue weighted by molar-refractivity contribution is 8.00. The summed E-state index contributed by atoms with van der Waals surface area (Å²) in [5.41, 5.74) is 3.45. The van der Waals surface area contributed by atoms with Gasteiger partial charge in [-0.15, -0.1) is 11.8 Å². The van der Waals surface area contributed by atoms with Crippen molar-refractivity contribution >= 4 is 29.3 Å². The van der Waals surface area contributed by atoms with Crippen LogP contribution in [-0.4, -0.2) is 39.8 Å². The lowest BCUT2D eigenvalue weighted by Crippen LogP contribution is -2.26. The zero-order chi connectivity index (χ0) is 18.4. The van der Waals surface area contributed by atoms with Crippen molar-refractivity contribution in [1.29, 1.82) is 0 Å². The largest absolute Gasteiger partial charge is 0.319 e. The Morgan fingerprint density at radius 3 is 2.44 bits per heavy atom. The van der Waals surface area contributed by atoms with Gasteiger partial charge >= 0.3 is 0 Å². The van der Waals surface area contributed by atoms with Gasteiger partial charge in [0.1, 0.15) is 5.69 Å². The second-order valence-corrected chi connectivity index (χ2v) is 6.19. The summed E-state index contributed by atoms with van der Waals surface area (Å²) in [6.45, 7) is 1.76. The molecular formula is C16H20N4O4S. The molecule has 0 bridgehead atoms. The summed E-state index contributed by atoms with van der Waals surface area (Å²) in [4.78, 5) is 40.5. The average Bonchev–Trinajstić information content (AvgIpc) is 2.79. The number of aromatic nitrogens is 2. The van der Waals surface area contributed by atoms with Crippen molar-refractivity contribution in [3.8, 4) is 5.69 Å². The highest BCUT2D eigenvalue weighted by Crippen LogP contribution is 2.14. The first-order valence-corrected chi connectivity index (χ1v) is 8.64. The van der Waals surface area contributed by atoms with E-state index in [2.05, 4.69) is 15.6 Å². The highest BCUT2D eigenvalue weighted by Gasteiger charge is 2.18. The molecule has 134 valence electrons. The summed E-state index contributed by atoms with van der Waals surface area (Å²) in [7, 11) is 3.09. The van der Waals surface area contributed by atoms with Crippen LogP contribution in [0.1, 0.15) is 5.69 Å². The first-order valence-electron chi connectivity index (χ1n) is 7.49. The van der Waals surface area contributed by atoms with E-state index in [1.165, 1.54) is 11.8 Å². The van der Waals surface area contributed by atoms with Crippen LogP contribution in [0.2, 0.25) is 0 Å². The number of rotatable bonds is 7. The quantitative estimate of drug-likeness (QED) is 0.710. The molecule has 0 radical (unpaired) electrons. The molecule has 8 nitrogen and oxygen atoms in total. The maximum Gasteiger partial charge on any atom is 0.295 e. The molecule has 2 N–H and O–H groups in total. The number of amides is 2. The number of carbonyl (C=O) groups is 2. The molecule has 0 aliphatic carbocycles. The predicted octanol–water partition coefficient (Wildman–Crippen LogP) is 0.834. The van der Waals surface area contributed by atoms with E-state index in [-0.39, 0.29) is 34.6 Å². The minimum absolute atomic E-state index is 0.0518. The lowest BCUT2D eigenvalue weighted by Gasteiger charge is -2.07. The van der Waals surface area contributed by atoms with Gasteiger partial charge < -0.3 is 5.32 Å². The third-order valence-corrected chi connectivity index (χ3v) is 4.43. The topological polar surface area (TPSA) is 94.4 Å². The summed E-state index contributed by atoms with van der Waals surface area (Å²) < 4.78 is 3.18. The van der Waals surface area contributed by atoms with Gasteiger partial charge in [0.15, 0.2) is 0 Å². The van der Waals surface area contributed by atoms with E-state index in [0.717, 1.165) is 11.8 Å². The van der Waals surface area contributed by atoms with Gasteiger partial charge in [-0.25, -0.2) is 10.2 Å². The van der Waals surface area contributed by atoms with E-state index < -0.39 is 0 Å². The van der Waals surface area contributed by atoms with Crippen LogP contribution in [0.15, 0.2) is 35.1 Å². The summed E-state index contributed by atoms with van der Waals surface area (Å²) in [6, 6.07) is 9.17. The molecule has 0 unspecified atom stereocenters. The molecule has 0 atom stereocenters. The van der Waals surface area contributed by atoms with Gasteiger partial charge in [0.05, 0.1) is 30.0 Å². The molecule has 0 fully saturated rings. The minimum Gasteiger partial charge on any atom is -0.319 e. The molecule has 9 heteroatoms. The second-order valence-electron chi connectivity index (χ2n) is 5.21. The van der Waals surface area contributed by atoms with Crippen LogP contribution in [0.4, 0.5) is 5.69 Å². The molecule has 2 aromatic rings. The van der Waals surface area contributed by atoms with Crippen LogP contribution in [-0.2, 0) is 21.5 Å². The number of nitrogens with one attached hydrogen (secondary N) is 2. The molecule has 0 spiro atoms. The summed E-state index contributed by atoms with van der Waals surface area (Å²) in [5.74, 6) is -0.539.